The number of aromatic hydroxyl groups is 1. The fourth-order valence-electron chi connectivity index (χ4n) is 7.71. The van der Waals surface area contributed by atoms with E-state index in [9.17, 15) is 5.11 Å². The van der Waals surface area contributed by atoms with Crippen LogP contribution in [0.4, 0.5) is 0 Å². The van der Waals surface area contributed by atoms with E-state index in [1.807, 2.05) is 12.3 Å². The predicted octanol–water partition coefficient (Wildman–Crippen LogP) is 14.7. The van der Waals surface area contributed by atoms with Gasteiger partial charge in [0, 0.05) is 55.7 Å². The Labute approximate surface area is 367 Å². The topological polar surface area (TPSA) is 46.0 Å². The molecule has 1 N–H and O–H groups in total. The molecule has 0 bridgehead atoms. The zero-order valence-corrected chi connectivity index (χ0v) is 38.5. The van der Waals surface area contributed by atoms with Crippen molar-refractivity contribution in [2.24, 2.45) is 5.41 Å². The van der Waals surface area contributed by atoms with Crippen LogP contribution in [0.1, 0.15) is 103 Å². The Morgan fingerprint density at radius 1 is 0.559 bits per heavy atom. The maximum atomic E-state index is 12.0. The van der Waals surface area contributed by atoms with E-state index in [0.717, 1.165) is 73.6 Å². The van der Waals surface area contributed by atoms with Gasteiger partial charge >= 0.3 is 0 Å². The van der Waals surface area contributed by atoms with E-state index in [1.54, 1.807) is 0 Å². The molecule has 0 spiro atoms. The van der Waals surface area contributed by atoms with Crippen LogP contribution in [-0.4, -0.2) is 15.1 Å². The maximum absolute atomic E-state index is 12.0. The standard InChI is InChI=1S/C55H57N2O.Pt/c1-36(38-17-13-11-14-18-38)39-21-23-41(24-22-39)42-25-26-56-49(32-42)44-29-43(40-19-15-12-16-20-40)30-45(31-44)50-27-37(35-53(2,3)4)28-51(57-50)47-33-46(54(5,6)7)34-48(52(47)58)55(8,9)10;/h11-30,32-34,36,58H,35H2,1-10H3;/q-1;. The van der Waals surface area contributed by atoms with E-state index < -0.39 is 0 Å². The van der Waals surface area contributed by atoms with Crippen LogP contribution in [0.3, 0.4) is 0 Å². The smallest absolute Gasteiger partial charge is 0.128 e. The summed E-state index contributed by atoms with van der Waals surface area (Å²) in [5.41, 5.74) is 14.8. The maximum Gasteiger partial charge on any atom is 0.128 e. The normalized spacial score (nSPS) is 12.5. The molecule has 304 valence electrons. The van der Waals surface area contributed by atoms with Crippen molar-refractivity contribution >= 4 is 0 Å². The van der Waals surface area contributed by atoms with Crippen molar-refractivity contribution in [3.8, 4) is 61.8 Å². The molecular weight excluding hydrogens is 900 g/mol. The summed E-state index contributed by atoms with van der Waals surface area (Å²) in [6, 6.07) is 51.1. The Bertz CT molecular complexity index is 2540. The van der Waals surface area contributed by atoms with Crippen LogP contribution in [0.15, 0.2) is 140 Å². The zero-order valence-electron chi connectivity index (χ0n) is 36.2. The molecule has 1 unspecified atom stereocenters. The first-order valence-corrected chi connectivity index (χ1v) is 20.6. The molecule has 7 rings (SSSR count). The molecule has 0 fully saturated rings. The third-order valence-corrected chi connectivity index (χ3v) is 11.0. The van der Waals surface area contributed by atoms with Gasteiger partial charge in [0.05, 0.1) is 5.69 Å². The van der Waals surface area contributed by atoms with E-state index in [1.165, 1.54) is 16.7 Å². The number of hydrogen-bond acceptors (Lipinski definition) is 3. The Hall–Kier alpha value is -5.11. The molecule has 2 heterocycles. The van der Waals surface area contributed by atoms with Crippen molar-refractivity contribution in [1.29, 1.82) is 0 Å². The fourth-order valence-corrected chi connectivity index (χ4v) is 7.71. The van der Waals surface area contributed by atoms with Gasteiger partial charge in [0.1, 0.15) is 5.75 Å². The summed E-state index contributed by atoms with van der Waals surface area (Å²) >= 11 is 0. The fraction of sp³-hybridized carbons (Fsp3) is 0.273. The summed E-state index contributed by atoms with van der Waals surface area (Å²) in [6.45, 7) is 22.2. The third kappa shape index (κ3) is 10.2. The molecule has 0 saturated heterocycles. The number of nitrogens with zero attached hydrogens (tertiary/aromatic N) is 2. The van der Waals surface area contributed by atoms with Crippen LogP contribution in [-0.2, 0) is 38.3 Å². The predicted molar refractivity (Wildman–Crippen MR) is 244 cm³/mol. The van der Waals surface area contributed by atoms with Gasteiger partial charge < -0.3 is 5.11 Å². The van der Waals surface area contributed by atoms with E-state index in [-0.39, 0.29) is 43.1 Å². The molecule has 4 heteroatoms. The first kappa shape index (κ1) is 43.5. The summed E-state index contributed by atoms with van der Waals surface area (Å²) in [5, 5.41) is 12.0. The molecular formula is C55H57N2OPt-. The molecule has 0 radical (unpaired) electrons. The number of phenolic OH excluding ortho intramolecular Hbond substituents is 1. The Kier molecular flexibility index (Phi) is 12.7. The van der Waals surface area contributed by atoms with Crippen LogP contribution >= 0.6 is 0 Å². The molecule has 0 saturated carbocycles. The van der Waals surface area contributed by atoms with Crippen LogP contribution in [0.2, 0.25) is 0 Å². The van der Waals surface area contributed by atoms with Crippen molar-refractivity contribution < 1.29 is 26.2 Å². The summed E-state index contributed by atoms with van der Waals surface area (Å²) < 4.78 is 0. The molecule has 0 aliphatic heterocycles. The minimum Gasteiger partial charge on any atom is -0.507 e. The van der Waals surface area contributed by atoms with Gasteiger partial charge in [-0.15, -0.1) is 18.2 Å². The number of rotatable bonds is 8. The Morgan fingerprint density at radius 2 is 1.14 bits per heavy atom. The summed E-state index contributed by atoms with van der Waals surface area (Å²) in [5.74, 6) is 0.595. The minimum absolute atomic E-state index is 0. The average molecular weight is 957 g/mol. The summed E-state index contributed by atoms with van der Waals surface area (Å²) in [4.78, 5) is 10.3. The molecule has 59 heavy (non-hydrogen) atoms. The molecule has 0 aliphatic carbocycles. The summed E-state index contributed by atoms with van der Waals surface area (Å²) in [6.07, 6.45) is 2.74. The van der Waals surface area contributed by atoms with Gasteiger partial charge in [0.15, 0.2) is 0 Å². The second-order valence-corrected chi connectivity index (χ2v) is 19.1. The van der Waals surface area contributed by atoms with Gasteiger partial charge in [-0.25, -0.2) is 0 Å². The van der Waals surface area contributed by atoms with Gasteiger partial charge in [-0.05, 0) is 74.2 Å². The largest absolute Gasteiger partial charge is 0.507 e. The number of aromatic nitrogens is 2. The minimum atomic E-state index is -0.261. The molecule has 0 amide bonds. The van der Waals surface area contributed by atoms with Crippen molar-refractivity contribution in [1.82, 2.24) is 9.97 Å². The molecule has 0 aliphatic rings. The van der Waals surface area contributed by atoms with E-state index in [4.69, 9.17) is 9.97 Å². The van der Waals surface area contributed by atoms with Crippen LogP contribution in [0, 0.1) is 11.5 Å². The number of benzene rings is 5. The van der Waals surface area contributed by atoms with Gasteiger partial charge in [0.25, 0.3) is 0 Å². The average Bonchev–Trinajstić information content (AvgIpc) is 3.19. The van der Waals surface area contributed by atoms with Gasteiger partial charge in [-0.2, -0.15) is 0 Å². The van der Waals surface area contributed by atoms with Crippen LogP contribution in [0.5, 0.6) is 5.75 Å². The van der Waals surface area contributed by atoms with Crippen molar-refractivity contribution in [3.05, 3.63) is 174 Å². The molecule has 1 atom stereocenters. The Morgan fingerprint density at radius 3 is 1.75 bits per heavy atom. The van der Waals surface area contributed by atoms with E-state index in [0.29, 0.717) is 5.92 Å². The van der Waals surface area contributed by atoms with Gasteiger partial charge in [-0.1, -0.05) is 195 Å². The van der Waals surface area contributed by atoms with Crippen molar-refractivity contribution in [2.45, 2.75) is 92.4 Å². The van der Waals surface area contributed by atoms with E-state index >= 15 is 0 Å². The van der Waals surface area contributed by atoms with Gasteiger partial charge in [-0.3, -0.25) is 9.97 Å². The molecule has 7 aromatic rings. The SMILES string of the molecule is CC(c1ccccc1)c1ccc(-c2ccnc(-c3[c-]c(-c4cc(CC(C)(C)C)cc(-c5cc(C(C)(C)C)cc(C(C)(C)C)c5O)n4)cc(-c4ccccc4)c3)c2)cc1.[Pt]. The van der Waals surface area contributed by atoms with Crippen LogP contribution in [0.25, 0.3) is 56.0 Å². The first-order valence-electron chi connectivity index (χ1n) is 20.6. The van der Waals surface area contributed by atoms with Crippen LogP contribution < -0.4 is 0 Å². The number of hydrogen-bond donors (Lipinski definition) is 1. The zero-order chi connectivity index (χ0) is 41.4. The monoisotopic (exact) mass is 956 g/mol. The van der Waals surface area contributed by atoms with Gasteiger partial charge in [0.2, 0.25) is 0 Å². The number of phenols is 1. The molecule has 3 nitrogen and oxygen atoms in total. The quantitative estimate of drug-likeness (QED) is 0.154. The third-order valence-electron chi connectivity index (χ3n) is 11.0. The Balaban J connectivity index is 0.00000585. The number of pyridine rings is 2. The second kappa shape index (κ2) is 17.2. The summed E-state index contributed by atoms with van der Waals surface area (Å²) in [7, 11) is 0. The second-order valence-electron chi connectivity index (χ2n) is 19.1. The first-order chi connectivity index (χ1) is 27.4. The molecule has 5 aromatic carbocycles. The van der Waals surface area contributed by atoms with E-state index in [2.05, 4.69) is 203 Å². The van der Waals surface area contributed by atoms with Crippen molar-refractivity contribution in [3.63, 3.8) is 0 Å². The van der Waals surface area contributed by atoms with Crippen molar-refractivity contribution in [2.75, 3.05) is 0 Å². The molecule has 2 aromatic heterocycles.